The van der Waals surface area contributed by atoms with Gasteiger partial charge >= 0.3 is 0 Å². The summed E-state index contributed by atoms with van der Waals surface area (Å²) in [6.45, 7) is 4.41. The topological polar surface area (TPSA) is 63.1 Å². The summed E-state index contributed by atoms with van der Waals surface area (Å²) in [5.41, 5.74) is 0.606. The Bertz CT molecular complexity index is 698. The molecule has 1 saturated carbocycles. The van der Waals surface area contributed by atoms with Crippen LogP contribution in [0, 0.1) is 5.92 Å². The molecule has 1 amide bonds. The molecule has 0 aromatic carbocycles. The predicted octanol–water partition coefficient (Wildman–Crippen LogP) is 3.29. The zero-order valence-corrected chi connectivity index (χ0v) is 16.5. The van der Waals surface area contributed by atoms with Crippen molar-refractivity contribution in [2.45, 2.75) is 51.5 Å². The van der Waals surface area contributed by atoms with Gasteiger partial charge in [0.15, 0.2) is 5.82 Å². The second-order valence-electron chi connectivity index (χ2n) is 7.60. The van der Waals surface area contributed by atoms with Gasteiger partial charge in [-0.3, -0.25) is 4.79 Å². The van der Waals surface area contributed by atoms with Gasteiger partial charge in [-0.1, -0.05) is 26.2 Å². The minimum Gasteiger partial charge on any atom is -0.349 e. The van der Waals surface area contributed by atoms with Crippen molar-refractivity contribution in [2.24, 2.45) is 5.92 Å². The highest BCUT2D eigenvalue weighted by Gasteiger charge is 2.27. The van der Waals surface area contributed by atoms with Crippen LogP contribution in [0.3, 0.4) is 0 Å². The van der Waals surface area contributed by atoms with E-state index in [2.05, 4.69) is 34.3 Å². The summed E-state index contributed by atoms with van der Waals surface area (Å²) in [5.74, 6) is 1.22. The number of rotatable bonds is 8. The molecule has 0 saturated heterocycles. The largest absolute Gasteiger partial charge is 0.349 e. The van der Waals surface area contributed by atoms with Gasteiger partial charge < -0.3 is 10.2 Å². The summed E-state index contributed by atoms with van der Waals surface area (Å²) < 4.78 is 1.69. The Labute approximate surface area is 162 Å². The minimum absolute atomic E-state index is 0.0253. The fourth-order valence-electron chi connectivity index (χ4n) is 3.85. The van der Waals surface area contributed by atoms with E-state index in [4.69, 9.17) is 0 Å². The van der Waals surface area contributed by atoms with Crippen LogP contribution in [0.4, 0.5) is 0 Å². The second kappa shape index (κ2) is 9.65. The third-order valence-corrected chi connectivity index (χ3v) is 5.41. The summed E-state index contributed by atoms with van der Waals surface area (Å²) >= 11 is 0. The molecule has 2 aromatic rings. The third-order valence-electron chi connectivity index (χ3n) is 5.41. The SMILES string of the molecule is CCCCN(C)C[C@@H]1CCCC[C@H]1NC(=O)c1ccc(-n2cccn2)nc1. The first-order chi connectivity index (χ1) is 13.2. The van der Waals surface area contributed by atoms with E-state index >= 15 is 0 Å². The fraction of sp³-hybridized carbons (Fsp3) is 0.571. The van der Waals surface area contributed by atoms with Gasteiger partial charge in [0.25, 0.3) is 5.91 Å². The van der Waals surface area contributed by atoms with Gasteiger partial charge in [0.05, 0.1) is 5.56 Å². The number of carbonyl (C=O) groups is 1. The number of nitrogens with one attached hydrogen (secondary N) is 1. The highest BCUT2D eigenvalue weighted by molar-refractivity contribution is 5.94. The molecule has 2 heterocycles. The monoisotopic (exact) mass is 369 g/mol. The molecule has 0 radical (unpaired) electrons. The van der Waals surface area contributed by atoms with Crippen molar-refractivity contribution in [3.05, 3.63) is 42.4 Å². The Kier molecular flexibility index (Phi) is 6.98. The van der Waals surface area contributed by atoms with E-state index < -0.39 is 0 Å². The summed E-state index contributed by atoms with van der Waals surface area (Å²) in [6, 6.07) is 5.76. The van der Waals surface area contributed by atoms with Gasteiger partial charge in [-0.15, -0.1) is 0 Å². The van der Waals surface area contributed by atoms with E-state index in [1.165, 1.54) is 32.1 Å². The van der Waals surface area contributed by atoms with Crippen molar-refractivity contribution in [3.8, 4) is 5.82 Å². The molecule has 1 N–H and O–H groups in total. The number of hydrogen-bond donors (Lipinski definition) is 1. The molecule has 2 atom stereocenters. The van der Waals surface area contributed by atoms with Crippen molar-refractivity contribution in [1.29, 1.82) is 0 Å². The van der Waals surface area contributed by atoms with Gasteiger partial charge in [-0.05, 0) is 57.0 Å². The van der Waals surface area contributed by atoms with Crippen LogP contribution in [0.1, 0.15) is 55.8 Å². The van der Waals surface area contributed by atoms with Gasteiger partial charge in [0.1, 0.15) is 0 Å². The van der Waals surface area contributed by atoms with Crippen LogP contribution in [-0.2, 0) is 0 Å². The van der Waals surface area contributed by atoms with E-state index in [0.29, 0.717) is 17.3 Å². The predicted molar refractivity (Wildman–Crippen MR) is 107 cm³/mol. The van der Waals surface area contributed by atoms with Crippen molar-refractivity contribution in [2.75, 3.05) is 20.1 Å². The van der Waals surface area contributed by atoms with Gasteiger partial charge in [0.2, 0.25) is 0 Å². The standard InChI is InChI=1S/C21H31N5O/c1-3-4-13-25(2)16-18-8-5-6-9-19(18)24-21(27)17-10-11-20(22-15-17)26-14-7-12-23-26/h7,10-12,14-15,18-19H,3-6,8-9,13,16H2,1-2H3,(H,24,27)/t18-,19+/m0/s1. The van der Waals surface area contributed by atoms with Crippen LogP contribution in [0.5, 0.6) is 0 Å². The Morgan fingerprint density at radius 3 is 2.89 bits per heavy atom. The van der Waals surface area contributed by atoms with Crippen LogP contribution in [0.25, 0.3) is 5.82 Å². The molecule has 6 nitrogen and oxygen atoms in total. The van der Waals surface area contributed by atoms with E-state index in [0.717, 1.165) is 19.5 Å². The number of carbonyl (C=O) groups excluding carboxylic acids is 1. The molecule has 0 unspecified atom stereocenters. The van der Waals surface area contributed by atoms with Crippen LogP contribution < -0.4 is 5.32 Å². The highest BCUT2D eigenvalue weighted by Crippen LogP contribution is 2.25. The maximum atomic E-state index is 12.7. The van der Waals surface area contributed by atoms with Gasteiger partial charge in [-0.25, -0.2) is 9.67 Å². The molecule has 0 spiro atoms. The maximum Gasteiger partial charge on any atom is 0.253 e. The Morgan fingerprint density at radius 2 is 2.19 bits per heavy atom. The lowest BCUT2D eigenvalue weighted by atomic mass is 9.84. The first-order valence-corrected chi connectivity index (χ1v) is 10.1. The van der Waals surface area contributed by atoms with Gasteiger partial charge in [0, 0.05) is 31.2 Å². The molecule has 0 aliphatic heterocycles. The number of hydrogen-bond acceptors (Lipinski definition) is 4. The lowest BCUT2D eigenvalue weighted by Gasteiger charge is -2.35. The number of unbranched alkanes of at least 4 members (excludes halogenated alkanes) is 1. The zero-order chi connectivity index (χ0) is 19.1. The quantitative estimate of drug-likeness (QED) is 0.776. The van der Waals surface area contributed by atoms with Crippen LogP contribution >= 0.6 is 0 Å². The third kappa shape index (κ3) is 5.39. The molecular formula is C21H31N5O. The highest BCUT2D eigenvalue weighted by atomic mass is 16.1. The normalized spacial score (nSPS) is 20.0. The smallest absolute Gasteiger partial charge is 0.253 e. The molecule has 3 rings (SSSR count). The van der Waals surface area contributed by atoms with Crippen molar-refractivity contribution < 1.29 is 4.79 Å². The first-order valence-electron chi connectivity index (χ1n) is 10.1. The Hall–Kier alpha value is -2.21. The van der Waals surface area contributed by atoms with Crippen molar-refractivity contribution in [1.82, 2.24) is 25.0 Å². The Balaban J connectivity index is 1.59. The van der Waals surface area contributed by atoms with E-state index in [1.807, 2.05) is 24.4 Å². The number of amides is 1. The van der Waals surface area contributed by atoms with Crippen molar-refractivity contribution in [3.63, 3.8) is 0 Å². The van der Waals surface area contributed by atoms with E-state index in [1.54, 1.807) is 17.1 Å². The minimum atomic E-state index is -0.0253. The first kappa shape index (κ1) is 19.5. The summed E-state index contributed by atoms with van der Waals surface area (Å²) in [4.78, 5) is 19.5. The van der Waals surface area contributed by atoms with Crippen molar-refractivity contribution >= 4 is 5.91 Å². The number of aromatic nitrogens is 3. The number of pyridine rings is 1. The molecule has 6 heteroatoms. The molecule has 1 fully saturated rings. The second-order valence-corrected chi connectivity index (χ2v) is 7.60. The van der Waals surface area contributed by atoms with Crippen LogP contribution in [0.2, 0.25) is 0 Å². The number of nitrogens with zero attached hydrogens (tertiary/aromatic N) is 4. The average molecular weight is 370 g/mol. The zero-order valence-electron chi connectivity index (χ0n) is 16.5. The molecule has 0 bridgehead atoms. The lowest BCUT2D eigenvalue weighted by molar-refractivity contribution is 0.0890. The average Bonchev–Trinajstić information content (AvgIpc) is 3.23. The van der Waals surface area contributed by atoms with E-state index in [9.17, 15) is 4.79 Å². The molecule has 1 aliphatic carbocycles. The molecule has 2 aromatic heterocycles. The molecule has 27 heavy (non-hydrogen) atoms. The summed E-state index contributed by atoms with van der Waals surface area (Å²) in [7, 11) is 2.20. The van der Waals surface area contributed by atoms with Gasteiger partial charge in [-0.2, -0.15) is 5.10 Å². The lowest BCUT2D eigenvalue weighted by Crippen LogP contribution is -2.46. The fourth-order valence-corrected chi connectivity index (χ4v) is 3.85. The van der Waals surface area contributed by atoms with E-state index in [-0.39, 0.29) is 11.9 Å². The summed E-state index contributed by atoms with van der Waals surface area (Å²) in [5, 5.41) is 7.44. The Morgan fingerprint density at radius 1 is 1.33 bits per heavy atom. The summed E-state index contributed by atoms with van der Waals surface area (Å²) in [6.07, 6.45) is 12.3. The molecule has 1 aliphatic rings. The molecular weight excluding hydrogens is 338 g/mol. The molecule has 146 valence electrons. The van der Waals surface area contributed by atoms with Crippen LogP contribution in [-0.4, -0.2) is 51.8 Å². The maximum absolute atomic E-state index is 12.7. The van der Waals surface area contributed by atoms with Crippen LogP contribution in [0.15, 0.2) is 36.8 Å².